The molecule has 0 saturated carbocycles. The van der Waals surface area contributed by atoms with Crippen LogP contribution in [0.3, 0.4) is 0 Å². The summed E-state index contributed by atoms with van der Waals surface area (Å²) in [6.07, 6.45) is 1.54. The van der Waals surface area contributed by atoms with Gasteiger partial charge in [-0.1, -0.05) is 47.5 Å². The number of halogens is 2. The van der Waals surface area contributed by atoms with Crippen LogP contribution in [-0.4, -0.2) is 22.9 Å². The van der Waals surface area contributed by atoms with Gasteiger partial charge < -0.3 is 14.3 Å². The van der Waals surface area contributed by atoms with Crippen LogP contribution in [-0.2, 0) is 0 Å². The molecule has 1 N–H and O–H groups in total. The van der Waals surface area contributed by atoms with Gasteiger partial charge in [-0.15, -0.1) is 0 Å². The van der Waals surface area contributed by atoms with Gasteiger partial charge in [-0.05, 0) is 48.7 Å². The van der Waals surface area contributed by atoms with E-state index in [1.165, 1.54) is 0 Å². The number of ether oxygens (including phenoxy) is 1. The summed E-state index contributed by atoms with van der Waals surface area (Å²) < 4.78 is 11.4. The summed E-state index contributed by atoms with van der Waals surface area (Å²) in [4.78, 5) is 9.15. The Kier molecular flexibility index (Phi) is 5.67. The lowest BCUT2D eigenvalue weighted by atomic mass is 10.0. The summed E-state index contributed by atoms with van der Waals surface area (Å²) in [6, 6.07) is 20.3. The fraction of sp³-hybridized carbons (Fsp3) is 0.0769. The van der Waals surface area contributed by atoms with E-state index in [-0.39, 0.29) is 5.75 Å². The molecule has 4 aromatic carbocycles. The number of oxazole rings is 1. The monoisotopic (exact) mass is 476 g/mol. The number of fused-ring (bicyclic) bond motifs is 2. The molecule has 0 aliphatic heterocycles. The van der Waals surface area contributed by atoms with Crippen molar-refractivity contribution in [2.24, 2.45) is 4.99 Å². The third kappa shape index (κ3) is 4.13. The van der Waals surface area contributed by atoms with Gasteiger partial charge in [0.2, 0.25) is 5.89 Å². The van der Waals surface area contributed by atoms with Crippen LogP contribution in [0, 0.1) is 0 Å². The maximum Gasteiger partial charge on any atom is 0.227 e. The fourth-order valence-electron chi connectivity index (χ4n) is 3.67. The maximum atomic E-state index is 10.4. The lowest BCUT2D eigenvalue weighted by Crippen LogP contribution is -1.94. The van der Waals surface area contributed by atoms with Crippen LogP contribution in [0.15, 0.2) is 76.1 Å². The minimum atomic E-state index is -0.00980. The van der Waals surface area contributed by atoms with Crippen molar-refractivity contribution in [2.45, 2.75) is 6.92 Å². The first-order valence-electron chi connectivity index (χ1n) is 10.3. The first kappa shape index (κ1) is 21.3. The van der Waals surface area contributed by atoms with Gasteiger partial charge in [0.25, 0.3) is 0 Å². The quantitative estimate of drug-likeness (QED) is 0.262. The zero-order valence-electron chi connectivity index (χ0n) is 17.5. The number of rotatable bonds is 5. The van der Waals surface area contributed by atoms with Crippen molar-refractivity contribution in [3.8, 4) is 23.0 Å². The predicted molar refractivity (Wildman–Crippen MR) is 134 cm³/mol. The molecule has 7 heteroatoms. The largest absolute Gasteiger partial charge is 0.504 e. The molecule has 5 aromatic rings. The lowest BCUT2D eigenvalue weighted by molar-refractivity contribution is 0.318. The smallest absolute Gasteiger partial charge is 0.227 e. The van der Waals surface area contributed by atoms with Crippen LogP contribution in [0.25, 0.3) is 33.3 Å². The Morgan fingerprint density at radius 1 is 1.03 bits per heavy atom. The van der Waals surface area contributed by atoms with Crippen molar-refractivity contribution < 1.29 is 14.3 Å². The number of aromatic hydroxyl groups is 1. The van der Waals surface area contributed by atoms with Crippen molar-refractivity contribution in [1.82, 2.24) is 4.98 Å². The van der Waals surface area contributed by atoms with Crippen LogP contribution in [0.4, 0.5) is 5.69 Å². The van der Waals surface area contributed by atoms with E-state index in [4.69, 9.17) is 32.4 Å². The van der Waals surface area contributed by atoms with Gasteiger partial charge in [0.05, 0.1) is 12.3 Å². The second-order valence-electron chi connectivity index (χ2n) is 7.34. The highest BCUT2D eigenvalue weighted by atomic mass is 35.5. The fourth-order valence-corrected chi connectivity index (χ4v) is 4.13. The van der Waals surface area contributed by atoms with E-state index in [9.17, 15) is 5.11 Å². The molecule has 0 saturated heterocycles. The van der Waals surface area contributed by atoms with E-state index in [2.05, 4.69) is 9.98 Å². The molecule has 0 bridgehead atoms. The zero-order valence-corrected chi connectivity index (χ0v) is 19.1. The molecule has 0 spiro atoms. The second-order valence-corrected chi connectivity index (χ2v) is 8.19. The van der Waals surface area contributed by atoms with E-state index in [1.807, 2.05) is 61.5 Å². The molecule has 1 heterocycles. The molecule has 0 aliphatic carbocycles. The molecule has 0 aliphatic rings. The van der Waals surface area contributed by atoms with Gasteiger partial charge in [-0.3, -0.25) is 4.99 Å². The van der Waals surface area contributed by atoms with Crippen LogP contribution in [0.2, 0.25) is 10.0 Å². The summed E-state index contributed by atoms with van der Waals surface area (Å²) in [5.41, 5.74) is 3.29. The highest BCUT2D eigenvalue weighted by Crippen LogP contribution is 2.35. The average Bonchev–Trinajstić information content (AvgIpc) is 3.23. The van der Waals surface area contributed by atoms with E-state index in [1.54, 1.807) is 18.3 Å². The number of benzene rings is 4. The first-order valence-corrected chi connectivity index (χ1v) is 11.1. The molecular weight excluding hydrogens is 459 g/mol. The number of phenolic OH excluding ortho intramolecular Hbond substituents is 1. The molecule has 0 amide bonds. The van der Waals surface area contributed by atoms with Crippen molar-refractivity contribution in [3.05, 3.63) is 82.3 Å². The third-order valence-electron chi connectivity index (χ3n) is 5.19. The number of phenols is 1. The summed E-state index contributed by atoms with van der Waals surface area (Å²) in [5, 5.41) is 13.5. The molecular formula is C26H18Cl2N2O3. The maximum absolute atomic E-state index is 10.4. The van der Waals surface area contributed by atoms with Gasteiger partial charge in [-0.25, -0.2) is 4.98 Å². The van der Waals surface area contributed by atoms with Crippen molar-refractivity contribution >= 4 is 57.0 Å². The number of aromatic nitrogens is 1. The Morgan fingerprint density at radius 3 is 2.70 bits per heavy atom. The highest BCUT2D eigenvalue weighted by molar-refractivity contribution is 6.35. The van der Waals surface area contributed by atoms with Crippen LogP contribution in [0.5, 0.6) is 11.5 Å². The number of hydrogen-bond donors (Lipinski definition) is 1. The molecule has 5 nitrogen and oxygen atoms in total. The van der Waals surface area contributed by atoms with Gasteiger partial charge in [-0.2, -0.15) is 0 Å². The van der Waals surface area contributed by atoms with Crippen LogP contribution in [0.1, 0.15) is 12.5 Å². The van der Waals surface area contributed by atoms with Gasteiger partial charge in [0.15, 0.2) is 17.1 Å². The molecule has 0 fully saturated rings. The topological polar surface area (TPSA) is 67.9 Å². The summed E-state index contributed by atoms with van der Waals surface area (Å²) >= 11 is 12.5. The van der Waals surface area contributed by atoms with Crippen LogP contribution >= 0.6 is 23.2 Å². The van der Waals surface area contributed by atoms with Gasteiger partial charge >= 0.3 is 0 Å². The Balaban J connectivity index is 1.51. The number of aliphatic imine (C=N–C) groups is 1. The number of hydrogen-bond acceptors (Lipinski definition) is 5. The molecule has 0 radical (unpaired) electrons. The minimum absolute atomic E-state index is 0.00980. The Morgan fingerprint density at radius 2 is 1.85 bits per heavy atom. The van der Waals surface area contributed by atoms with Crippen molar-refractivity contribution in [2.75, 3.05) is 6.61 Å². The lowest BCUT2D eigenvalue weighted by Gasteiger charge is -2.08. The van der Waals surface area contributed by atoms with E-state index in [0.717, 1.165) is 16.3 Å². The number of nitrogens with zero attached hydrogens (tertiary/aromatic N) is 2. The third-order valence-corrected chi connectivity index (χ3v) is 5.74. The van der Waals surface area contributed by atoms with E-state index < -0.39 is 0 Å². The molecule has 164 valence electrons. The summed E-state index contributed by atoms with van der Waals surface area (Å²) in [5.74, 6) is 0.815. The molecule has 0 unspecified atom stereocenters. The van der Waals surface area contributed by atoms with Gasteiger partial charge in [0, 0.05) is 38.8 Å². The summed E-state index contributed by atoms with van der Waals surface area (Å²) in [7, 11) is 0. The minimum Gasteiger partial charge on any atom is -0.504 e. The zero-order chi connectivity index (χ0) is 22.9. The molecule has 0 atom stereocenters. The highest BCUT2D eigenvalue weighted by Gasteiger charge is 2.13. The first-order chi connectivity index (χ1) is 16.0. The van der Waals surface area contributed by atoms with E-state index in [0.29, 0.717) is 50.6 Å². The molecule has 1 aromatic heterocycles. The predicted octanol–water partition coefficient (Wildman–Crippen LogP) is 7.81. The normalized spacial score (nSPS) is 11.6. The average molecular weight is 477 g/mol. The summed E-state index contributed by atoms with van der Waals surface area (Å²) in [6.45, 7) is 2.25. The standard InChI is InChI=1S/C26H18Cl2N2O3/c1-2-32-24-12-16(27)11-15(25(24)31)14-29-17-9-10-23-22(13-17)30-26(33-23)20-7-3-6-19-18(20)5-4-8-21(19)28/h3-14,31H,2H2,1H3. The van der Waals surface area contributed by atoms with Crippen molar-refractivity contribution in [1.29, 1.82) is 0 Å². The Bertz CT molecular complexity index is 1530. The molecule has 33 heavy (non-hydrogen) atoms. The van der Waals surface area contributed by atoms with Gasteiger partial charge in [0.1, 0.15) is 5.52 Å². The van der Waals surface area contributed by atoms with Crippen molar-refractivity contribution in [3.63, 3.8) is 0 Å². The Hall–Kier alpha value is -3.54. The second kappa shape index (κ2) is 8.77. The Labute approximate surface area is 199 Å². The molecule has 5 rings (SSSR count). The van der Waals surface area contributed by atoms with E-state index >= 15 is 0 Å². The van der Waals surface area contributed by atoms with Crippen LogP contribution < -0.4 is 4.74 Å². The SMILES string of the molecule is CCOc1cc(Cl)cc(C=Nc2ccc3oc(-c4cccc5c(Cl)cccc45)nc3c2)c1O.